The first-order valence-electron chi connectivity index (χ1n) is 11.1. The quantitative estimate of drug-likeness (QED) is 0.515. The molecule has 0 aromatic heterocycles. The number of carbonyl (C=O) groups excluding carboxylic acids is 1. The average molecular weight is 444 g/mol. The molecule has 0 radical (unpaired) electrons. The number of hydrogen-bond donors (Lipinski definition) is 3. The van der Waals surface area contributed by atoms with E-state index in [4.69, 9.17) is 0 Å². The molecule has 1 atom stereocenters. The zero-order valence-corrected chi connectivity index (χ0v) is 19.2. The summed E-state index contributed by atoms with van der Waals surface area (Å²) in [5, 5.41) is 6.20. The third-order valence-electron chi connectivity index (χ3n) is 5.80. The van der Waals surface area contributed by atoms with Gasteiger partial charge in [0.15, 0.2) is 0 Å². The fourth-order valence-electron chi connectivity index (χ4n) is 4.19. The fraction of sp³-hybridized carbons (Fsp3) is 0.458. The minimum Gasteiger partial charge on any atom is -0.326 e. The van der Waals surface area contributed by atoms with Gasteiger partial charge in [-0.1, -0.05) is 50.3 Å². The third-order valence-corrected chi connectivity index (χ3v) is 7.18. The largest absolute Gasteiger partial charge is 0.326 e. The zero-order valence-electron chi connectivity index (χ0n) is 18.4. The van der Waals surface area contributed by atoms with Gasteiger partial charge in [-0.05, 0) is 55.2 Å². The lowest BCUT2D eigenvalue weighted by atomic mass is 9.85. The van der Waals surface area contributed by atoms with Crippen LogP contribution in [0.4, 0.5) is 11.4 Å². The van der Waals surface area contributed by atoms with Crippen molar-refractivity contribution < 1.29 is 13.2 Å². The SMILES string of the molecule is CC(=O)Nc1ccc(S(=O)(=O)Nc2ccccc2CN[C@@H](C)CC2CCCCC2)cc1. The molecule has 3 rings (SSSR count). The molecule has 168 valence electrons. The molecule has 0 heterocycles. The Morgan fingerprint density at radius 3 is 2.39 bits per heavy atom. The molecule has 0 bridgehead atoms. The molecule has 1 saturated carbocycles. The topological polar surface area (TPSA) is 87.3 Å². The molecule has 1 aliphatic carbocycles. The summed E-state index contributed by atoms with van der Waals surface area (Å²) in [6.07, 6.45) is 7.85. The Balaban J connectivity index is 1.63. The molecular weight excluding hydrogens is 410 g/mol. The molecular formula is C24H33N3O3S. The van der Waals surface area contributed by atoms with E-state index < -0.39 is 10.0 Å². The van der Waals surface area contributed by atoms with Gasteiger partial charge in [-0.2, -0.15) is 0 Å². The Bertz CT molecular complexity index is 968. The van der Waals surface area contributed by atoms with Crippen molar-refractivity contribution in [2.24, 2.45) is 5.92 Å². The number of nitrogens with one attached hydrogen (secondary N) is 3. The lowest BCUT2D eigenvalue weighted by Crippen LogP contribution is -2.29. The van der Waals surface area contributed by atoms with Gasteiger partial charge in [-0.25, -0.2) is 8.42 Å². The van der Waals surface area contributed by atoms with Crippen LogP contribution in [0.15, 0.2) is 53.4 Å². The number of para-hydroxylation sites is 1. The molecule has 1 amide bonds. The highest BCUT2D eigenvalue weighted by Gasteiger charge is 2.18. The predicted octanol–water partition coefficient (Wildman–Crippen LogP) is 4.89. The Morgan fingerprint density at radius 2 is 1.71 bits per heavy atom. The summed E-state index contributed by atoms with van der Waals surface area (Å²) in [5.41, 5.74) is 2.05. The van der Waals surface area contributed by atoms with Gasteiger partial charge in [0.25, 0.3) is 10.0 Å². The first kappa shape index (κ1) is 23.3. The summed E-state index contributed by atoms with van der Waals surface area (Å²) < 4.78 is 28.5. The summed E-state index contributed by atoms with van der Waals surface area (Å²) in [4.78, 5) is 11.3. The average Bonchev–Trinajstić information content (AvgIpc) is 2.73. The first-order valence-corrected chi connectivity index (χ1v) is 12.5. The summed E-state index contributed by atoms with van der Waals surface area (Å²) in [6, 6.07) is 14.0. The van der Waals surface area contributed by atoms with Crippen molar-refractivity contribution in [3.63, 3.8) is 0 Å². The van der Waals surface area contributed by atoms with E-state index in [1.165, 1.54) is 51.2 Å². The second-order valence-corrected chi connectivity index (χ2v) is 10.2. The lowest BCUT2D eigenvalue weighted by Gasteiger charge is -2.25. The molecule has 0 aliphatic heterocycles. The minimum atomic E-state index is -3.73. The molecule has 0 saturated heterocycles. The van der Waals surface area contributed by atoms with Crippen LogP contribution in [0.5, 0.6) is 0 Å². The Kier molecular flexibility index (Phi) is 8.09. The van der Waals surface area contributed by atoms with Crippen LogP contribution in [0, 0.1) is 5.92 Å². The second kappa shape index (κ2) is 10.8. The van der Waals surface area contributed by atoms with Gasteiger partial charge >= 0.3 is 0 Å². The zero-order chi connectivity index (χ0) is 22.3. The Labute approximate surface area is 185 Å². The molecule has 31 heavy (non-hydrogen) atoms. The molecule has 2 aromatic rings. The molecule has 7 heteroatoms. The maximum absolute atomic E-state index is 12.9. The number of sulfonamides is 1. The number of amides is 1. The van der Waals surface area contributed by atoms with Gasteiger partial charge < -0.3 is 10.6 Å². The molecule has 3 N–H and O–H groups in total. The highest BCUT2D eigenvalue weighted by Crippen LogP contribution is 2.27. The number of hydrogen-bond acceptors (Lipinski definition) is 4. The maximum Gasteiger partial charge on any atom is 0.261 e. The van der Waals surface area contributed by atoms with Gasteiger partial charge in [0.05, 0.1) is 10.6 Å². The number of anilines is 2. The minimum absolute atomic E-state index is 0.148. The van der Waals surface area contributed by atoms with E-state index in [1.807, 2.05) is 18.2 Å². The lowest BCUT2D eigenvalue weighted by molar-refractivity contribution is -0.114. The van der Waals surface area contributed by atoms with E-state index in [0.717, 1.165) is 17.9 Å². The van der Waals surface area contributed by atoms with Crippen LogP contribution in [-0.4, -0.2) is 20.4 Å². The maximum atomic E-state index is 12.9. The third kappa shape index (κ3) is 7.08. The van der Waals surface area contributed by atoms with Crippen LogP contribution in [0.1, 0.15) is 57.9 Å². The first-order chi connectivity index (χ1) is 14.8. The summed E-state index contributed by atoms with van der Waals surface area (Å²) >= 11 is 0. The van der Waals surface area contributed by atoms with Crippen molar-refractivity contribution in [1.29, 1.82) is 0 Å². The van der Waals surface area contributed by atoms with Crippen molar-refractivity contribution in [1.82, 2.24) is 5.32 Å². The van der Waals surface area contributed by atoms with Crippen molar-refractivity contribution >= 4 is 27.3 Å². The normalized spacial score (nSPS) is 15.9. The van der Waals surface area contributed by atoms with Crippen molar-refractivity contribution in [3.05, 3.63) is 54.1 Å². The van der Waals surface area contributed by atoms with Crippen molar-refractivity contribution in [2.45, 2.75) is 69.9 Å². The van der Waals surface area contributed by atoms with Gasteiger partial charge in [0, 0.05) is 25.2 Å². The van der Waals surface area contributed by atoms with Crippen LogP contribution in [0.2, 0.25) is 0 Å². The van der Waals surface area contributed by atoms with Gasteiger partial charge in [0.2, 0.25) is 5.91 Å². The molecule has 1 aliphatic rings. The predicted molar refractivity (Wildman–Crippen MR) is 125 cm³/mol. The number of carbonyl (C=O) groups is 1. The molecule has 0 spiro atoms. The van der Waals surface area contributed by atoms with E-state index in [0.29, 0.717) is 24.0 Å². The van der Waals surface area contributed by atoms with E-state index in [-0.39, 0.29) is 10.8 Å². The van der Waals surface area contributed by atoms with E-state index in [1.54, 1.807) is 18.2 Å². The summed E-state index contributed by atoms with van der Waals surface area (Å²) in [5.74, 6) is 0.596. The molecule has 1 fully saturated rings. The Morgan fingerprint density at radius 1 is 1.03 bits per heavy atom. The second-order valence-electron chi connectivity index (χ2n) is 8.49. The van der Waals surface area contributed by atoms with E-state index >= 15 is 0 Å². The van der Waals surface area contributed by atoms with Crippen LogP contribution < -0.4 is 15.4 Å². The van der Waals surface area contributed by atoms with Gasteiger partial charge in [-0.15, -0.1) is 0 Å². The number of benzene rings is 2. The fourth-order valence-corrected chi connectivity index (χ4v) is 5.29. The smallest absolute Gasteiger partial charge is 0.261 e. The van der Waals surface area contributed by atoms with Gasteiger partial charge in [0.1, 0.15) is 0 Å². The summed E-state index contributed by atoms with van der Waals surface area (Å²) in [6.45, 7) is 4.22. The van der Waals surface area contributed by atoms with Crippen LogP contribution in [-0.2, 0) is 21.4 Å². The van der Waals surface area contributed by atoms with E-state index in [9.17, 15) is 13.2 Å². The van der Waals surface area contributed by atoms with Crippen LogP contribution in [0.3, 0.4) is 0 Å². The highest BCUT2D eigenvalue weighted by molar-refractivity contribution is 7.92. The summed E-state index contributed by atoms with van der Waals surface area (Å²) in [7, 11) is -3.73. The van der Waals surface area contributed by atoms with Gasteiger partial charge in [-0.3, -0.25) is 9.52 Å². The standard InChI is InChI=1S/C24H33N3O3S/c1-18(16-20-8-4-3-5-9-20)25-17-21-10-6-7-11-24(21)27-31(29,30)23-14-12-22(13-15-23)26-19(2)28/h6-7,10-15,18,20,25,27H,3-5,8-9,16-17H2,1-2H3,(H,26,28)/t18-/m0/s1. The van der Waals surface area contributed by atoms with Crippen molar-refractivity contribution in [2.75, 3.05) is 10.0 Å². The number of rotatable bonds is 9. The highest BCUT2D eigenvalue weighted by atomic mass is 32.2. The molecule has 2 aromatic carbocycles. The van der Waals surface area contributed by atoms with Crippen LogP contribution in [0.25, 0.3) is 0 Å². The Hall–Kier alpha value is -2.38. The monoisotopic (exact) mass is 443 g/mol. The van der Waals surface area contributed by atoms with Crippen LogP contribution >= 0.6 is 0 Å². The van der Waals surface area contributed by atoms with E-state index in [2.05, 4.69) is 22.3 Å². The molecule has 0 unspecified atom stereocenters. The van der Waals surface area contributed by atoms with Crippen molar-refractivity contribution in [3.8, 4) is 0 Å². The molecule has 6 nitrogen and oxygen atoms in total.